The minimum Gasteiger partial charge on any atom is -0.398 e. The largest absolute Gasteiger partial charge is 0.398 e. The lowest BCUT2D eigenvalue weighted by Gasteiger charge is -2.25. The quantitative estimate of drug-likeness (QED) is 0.725. The summed E-state index contributed by atoms with van der Waals surface area (Å²) in [6, 6.07) is 7.88. The Labute approximate surface area is 114 Å². The summed E-state index contributed by atoms with van der Waals surface area (Å²) in [4.78, 5) is 0. The van der Waals surface area contributed by atoms with Gasteiger partial charge in [-0.1, -0.05) is 0 Å². The van der Waals surface area contributed by atoms with Crippen LogP contribution in [0, 0.1) is 17.2 Å². The maximum absolute atomic E-state index is 9.47. The molecule has 0 saturated heterocycles. The summed E-state index contributed by atoms with van der Waals surface area (Å²) in [6.07, 6.45) is 4.22. The number of nitrogens with one attached hydrogen (secondary N) is 1. The molecule has 4 heteroatoms. The molecule has 4 nitrogen and oxygen atoms in total. The van der Waals surface area contributed by atoms with Crippen molar-refractivity contribution in [2.75, 3.05) is 17.6 Å². The van der Waals surface area contributed by atoms with Crippen LogP contribution in [0.3, 0.4) is 0 Å². The van der Waals surface area contributed by atoms with Crippen LogP contribution in [-0.2, 0) is 6.42 Å². The van der Waals surface area contributed by atoms with E-state index in [1.807, 2.05) is 18.2 Å². The molecule has 1 aromatic carbocycles. The van der Waals surface area contributed by atoms with Crippen molar-refractivity contribution >= 4 is 11.4 Å². The van der Waals surface area contributed by atoms with Crippen molar-refractivity contribution in [1.29, 1.82) is 5.26 Å². The van der Waals surface area contributed by atoms with Crippen LogP contribution in [0.1, 0.15) is 31.2 Å². The van der Waals surface area contributed by atoms with Crippen molar-refractivity contribution in [3.8, 4) is 6.07 Å². The first kappa shape index (κ1) is 13.7. The highest BCUT2D eigenvalue weighted by molar-refractivity contribution is 5.58. The first-order chi connectivity index (χ1) is 9.19. The van der Waals surface area contributed by atoms with Crippen LogP contribution in [0.4, 0.5) is 11.4 Å². The molecule has 1 fully saturated rings. The molecule has 0 unspecified atom stereocenters. The predicted molar refractivity (Wildman–Crippen MR) is 76.6 cm³/mol. The third-order valence-corrected chi connectivity index (χ3v) is 3.82. The average Bonchev–Trinajstić information content (AvgIpc) is 2.42. The zero-order valence-electron chi connectivity index (χ0n) is 11.1. The Hall–Kier alpha value is -1.73. The lowest BCUT2D eigenvalue weighted by atomic mass is 9.87. The van der Waals surface area contributed by atoms with E-state index >= 15 is 0 Å². The minimum absolute atomic E-state index is 0.102. The van der Waals surface area contributed by atoms with Gasteiger partial charge in [-0.2, -0.15) is 5.26 Å². The Morgan fingerprint density at radius 1 is 1.32 bits per heavy atom. The highest BCUT2D eigenvalue weighted by atomic mass is 16.3. The number of aliphatic hydroxyl groups is 1. The number of hydrogen-bond acceptors (Lipinski definition) is 4. The summed E-state index contributed by atoms with van der Waals surface area (Å²) < 4.78 is 0. The van der Waals surface area contributed by atoms with Gasteiger partial charge in [0.2, 0.25) is 0 Å². The number of aliphatic hydroxyl groups excluding tert-OH is 1. The van der Waals surface area contributed by atoms with E-state index < -0.39 is 0 Å². The molecule has 0 heterocycles. The van der Waals surface area contributed by atoms with Crippen molar-refractivity contribution in [3.63, 3.8) is 0 Å². The van der Waals surface area contributed by atoms with Gasteiger partial charge in [0.05, 0.1) is 18.6 Å². The molecule has 1 aliphatic rings. The fourth-order valence-electron chi connectivity index (χ4n) is 2.57. The van der Waals surface area contributed by atoms with Gasteiger partial charge in [0, 0.05) is 17.9 Å². The number of rotatable bonds is 4. The molecule has 4 N–H and O–H groups in total. The molecule has 0 radical (unpaired) electrons. The smallest absolute Gasteiger partial charge is 0.0670 e. The maximum atomic E-state index is 9.47. The van der Waals surface area contributed by atoms with Gasteiger partial charge in [-0.3, -0.25) is 0 Å². The van der Waals surface area contributed by atoms with Gasteiger partial charge in [0.1, 0.15) is 0 Å². The Kier molecular flexibility index (Phi) is 4.64. The van der Waals surface area contributed by atoms with Crippen LogP contribution in [0.2, 0.25) is 0 Å². The van der Waals surface area contributed by atoms with Gasteiger partial charge in [0.15, 0.2) is 0 Å². The molecule has 1 aromatic rings. The van der Waals surface area contributed by atoms with Gasteiger partial charge in [-0.05, 0) is 55.4 Å². The molecule has 19 heavy (non-hydrogen) atoms. The first-order valence-corrected chi connectivity index (χ1v) is 6.86. The molecular formula is C15H21N3O. The van der Waals surface area contributed by atoms with E-state index in [-0.39, 0.29) is 6.10 Å². The third-order valence-electron chi connectivity index (χ3n) is 3.82. The molecule has 2 rings (SSSR count). The van der Waals surface area contributed by atoms with E-state index in [1.165, 1.54) is 0 Å². The summed E-state index contributed by atoms with van der Waals surface area (Å²) in [6.45, 7) is 0.919. The highest BCUT2D eigenvalue weighted by Gasteiger charge is 2.18. The van der Waals surface area contributed by atoms with Gasteiger partial charge >= 0.3 is 0 Å². The zero-order valence-corrected chi connectivity index (χ0v) is 11.1. The molecule has 1 saturated carbocycles. The van der Waals surface area contributed by atoms with Gasteiger partial charge < -0.3 is 16.2 Å². The zero-order chi connectivity index (χ0) is 13.7. The first-order valence-electron chi connectivity index (χ1n) is 6.86. The van der Waals surface area contributed by atoms with E-state index in [9.17, 15) is 5.11 Å². The van der Waals surface area contributed by atoms with Gasteiger partial charge in [0.25, 0.3) is 0 Å². The molecule has 0 aromatic heterocycles. The second kappa shape index (κ2) is 6.44. The monoisotopic (exact) mass is 259 g/mol. The molecule has 0 amide bonds. The normalized spacial score (nSPS) is 22.7. The summed E-state index contributed by atoms with van der Waals surface area (Å²) in [5.74, 6) is 0.625. The van der Waals surface area contributed by atoms with Crippen molar-refractivity contribution in [1.82, 2.24) is 0 Å². The summed E-state index contributed by atoms with van der Waals surface area (Å²) >= 11 is 0. The van der Waals surface area contributed by atoms with Crippen molar-refractivity contribution in [2.24, 2.45) is 5.92 Å². The SMILES string of the molecule is N#CCc1cc(NCC2CCC(O)CC2)ccc1N. The van der Waals surface area contributed by atoms with Gasteiger partial charge in [-0.15, -0.1) is 0 Å². The van der Waals surface area contributed by atoms with Crippen LogP contribution in [-0.4, -0.2) is 17.8 Å². The topological polar surface area (TPSA) is 82.1 Å². The molecule has 0 spiro atoms. The van der Waals surface area contributed by atoms with Crippen LogP contribution < -0.4 is 11.1 Å². The van der Waals surface area contributed by atoms with Crippen LogP contribution in [0.5, 0.6) is 0 Å². The molecule has 0 bridgehead atoms. The van der Waals surface area contributed by atoms with Crippen LogP contribution >= 0.6 is 0 Å². The van der Waals surface area contributed by atoms with Crippen LogP contribution in [0.15, 0.2) is 18.2 Å². The molecule has 102 valence electrons. The second-order valence-electron chi connectivity index (χ2n) is 5.30. The summed E-state index contributed by atoms with van der Waals surface area (Å²) in [5.41, 5.74) is 8.40. The highest BCUT2D eigenvalue weighted by Crippen LogP contribution is 2.25. The van der Waals surface area contributed by atoms with Crippen molar-refractivity contribution < 1.29 is 5.11 Å². The Morgan fingerprint density at radius 2 is 2.05 bits per heavy atom. The van der Waals surface area contributed by atoms with Crippen molar-refractivity contribution in [2.45, 2.75) is 38.2 Å². The second-order valence-corrected chi connectivity index (χ2v) is 5.30. The number of nitrogens with two attached hydrogens (primary N) is 1. The Morgan fingerprint density at radius 3 is 2.74 bits per heavy atom. The number of anilines is 2. The molecule has 0 atom stereocenters. The fourth-order valence-corrected chi connectivity index (χ4v) is 2.57. The van der Waals surface area contributed by atoms with E-state index in [0.717, 1.165) is 43.5 Å². The maximum Gasteiger partial charge on any atom is 0.0670 e. The van der Waals surface area contributed by atoms with Crippen molar-refractivity contribution in [3.05, 3.63) is 23.8 Å². The standard InChI is InChI=1S/C15H21N3O/c16-8-7-12-9-13(3-6-15(12)17)18-10-11-1-4-14(19)5-2-11/h3,6,9,11,14,18-19H,1-2,4-5,7,10,17H2. The molecular weight excluding hydrogens is 238 g/mol. The number of nitriles is 1. The lowest BCUT2D eigenvalue weighted by molar-refractivity contribution is 0.111. The third kappa shape index (κ3) is 3.87. The Bertz CT molecular complexity index is 459. The molecule has 0 aliphatic heterocycles. The minimum atomic E-state index is -0.102. The van der Waals surface area contributed by atoms with Crippen LogP contribution in [0.25, 0.3) is 0 Å². The fraction of sp³-hybridized carbons (Fsp3) is 0.533. The summed E-state index contributed by atoms with van der Waals surface area (Å²) in [5, 5.41) is 21.6. The number of nitrogen functional groups attached to an aromatic ring is 1. The summed E-state index contributed by atoms with van der Waals surface area (Å²) in [7, 11) is 0. The number of benzene rings is 1. The lowest BCUT2D eigenvalue weighted by Crippen LogP contribution is -2.23. The van der Waals surface area contributed by atoms with Gasteiger partial charge in [-0.25, -0.2) is 0 Å². The average molecular weight is 259 g/mol. The number of nitrogens with zero attached hydrogens (tertiary/aromatic N) is 1. The van der Waals surface area contributed by atoms with E-state index in [1.54, 1.807) is 0 Å². The number of hydrogen-bond donors (Lipinski definition) is 3. The Balaban J connectivity index is 1.89. The molecule has 1 aliphatic carbocycles. The van der Waals surface area contributed by atoms with E-state index in [2.05, 4.69) is 11.4 Å². The van der Waals surface area contributed by atoms with E-state index in [4.69, 9.17) is 11.0 Å². The van der Waals surface area contributed by atoms with E-state index in [0.29, 0.717) is 18.0 Å². The predicted octanol–water partition coefficient (Wildman–Crippen LogP) is 2.30.